The number of hydrogen-bond donors (Lipinski definition) is 0. The van der Waals surface area contributed by atoms with Crippen molar-refractivity contribution in [2.75, 3.05) is 0 Å². The number of fused-ring (bicyclic) bond motifs is 13. The van der Waals surface area contributed by atoms with Crippen LogP contribution in [-0.4, -0.2) is 14.1 Å². The van der Waals surface area contributed by atoms with Gasteiger partial charge in [-0.15, -0.1) is 0 Å². The largest absolute Gasteiger partial charge is 0.456 e. The molecular weight excluding hydrogens is 583 g/mol. The van der Waals surface area contributed by atoms with Crippen LogP contribution in [0.1, 0.15) is 0 Å². The van der Waals surface area contributed by atoms with Gasteiger partial charge in [-0.25, -0.2) is 4.98 Å². The number of aromatic nitrogens is 3. The van der Waals surface area contributed by atoms with Crippen LogP contribution in [0.4, 0.5) is 0 Å². The Morgan fingerprint density at radius 2 is 1.15 bits per heavy atom. The fourth-order valence-corrected chi connectivity index (χ4v) is 8.75. The van der Waals surface area contributed by atoms with Crippen molar-refractivity contribution in [1.29, 1.82) is 0 Å². The molecule has 5 heteroatoms. The highest BCUT2D eigenvalue weighted by Crippen LogP contribution is 2.43. The molecule has 46 heavy (non-hydrogen) atoms. The first-order chi connectivity index (χ1) is 22.8. The fraction of sp³-hybridized carbons (Fsp3) is 0. The Kier molecular flexibility index (Phi) is 4.69. The molecule has 0 aliphatic carbocycles. The maximum Gasteiger partial charge on any atom is 0.195 e. The van der Waals surface area contributed by atoms with Crippen molar-refractivity contribution in [3.05, 3.63) is 140 Å². The molecule has 11 rings (SSSR count). The van der Waals surface area contributed by atoms with Crippen molar-refractivity contribution in [2.45, 2.75) is 0 Å². The average molecular weight is 606 g/mol. The van der Waals surface area contributed by atoms with E-state index >= 15 is 0 Å². The van der Waals surface area contributed by atoms with E-state index < -0.39 is 0 Å². The molecule has 214 valence electrons. The molecule has 0 atom stereocenters. The summed E-state index contributed by atoms with van der Waals surface area (Å²) in [7, 11) is 0. The van der Waals surface area contributed by atoms with Gasteiger partial charge in [-0.1, -0.05) is 96.3 Å². The minimum atomic E-state index is 0.896. The zero-order valence-electron chi connectivity index (χ0n) is 24.4. The molecule has 0 N–H and O–H groups in total. The topological polar surface area (TPSA) is 35.9 Å². The Morgan fingerprint density at radius 1 is 0.478 bits per heavy atom. The van der Waals surface area contributed by atoms with E-state index in [4.69, 9.17) is 9.40 Å². The van der Waals surface area contributed by atoms with E-state index in [-0.39, 0.29) is 0 Å². The van der Waals surface area contributed by atoms with E-state index in [2.05, 4.69) is 137 Å². The van der Waals surface area contributed by atoms with Gasteiger partial charge in [0, 0.05) is 38.0 Å². The molecule has 0 aliphatic rings. The van der Waals surface area contributed by atoms with Crippen molar-refractivity contribution >= 4 is 97.9 Å². The van der Waals surface area contributed by atoms with Gasteiger partial charge in [0.1, 0.15) is 11.2 Å². The summed E-state index contributed by atoms with van der Waals surface area (Å²) in [6, 6.07) is 49.9. The van der Waals surface area contributed by atoms with Crippen LogP contribution in [0.2, 0.25) is 0 Å². The predicted molar refractivity (Wildman–Crippen MR) is 193 cm³/mol. The van der Waals surface area contributed by atoms with Gasteiger partial charge in [-0.3, -0.25) is 4.57 Å². The van der Waals surface area contributed by atoms with E-state index in [9.17, 15) is 0 Å². The summed E-state index contributed by atoms with van der Waals surface area (Å²) in [5.41, 5.74) is 8.64. The van der Waals surface area contributed by atoms with Crippen molar-refractivity contribution < 1.29 is 4.42 Å². The van der Waals surface area contributed by atoms with Gasteiger partial charge >= 0.3 is 0 Å². The Hall–Kier alpha value is -5.91. The second kappa shape index (κ2) is 8.84. The molecule has 4 aromatic heterocycles. The van der Waals surface area contributed by atoms with E-state index in [0.717, 1.165) is 54.0 Å². The van der Waals surface area contributed by atoms with Crippen LogP contribution in [0.25, 0.3) is 97.4 Å². The maximum absolute atomic E-state index is 6.23. The van der Waals surface area contributed by atoms with Crippen LogP contribution in [-0.2, 0) is 0 Å². The highest BCUT2D eigenvalue weighted by Gasteiger charge is 2.21. The lowest BCUT2D eigenvalue weighted by atomic mass is 10.0. The van der Waals surface area contributed by atoms with Crippen LogP contribution in [0.3, 0.4) is 0 Å². The summed E-state index contributed by atoms with van der Waals surface area (Å²) in [6.45, 7) is 0. The van der Waals surface area contributed by atoms with Crippen LogP contribution < -0.4 is 0 Å². The lowest BCUT2D eigenvalue weighted by molar-refractivity contribution is 0.669. The van der Waals surface area contributed by atoms with Crippen molar-refractivity contribution in [3.63, 3.8) is 0 Å². The summed E-state index contributed by atoms with van der Waals surface area (Å²) >= 11 is 1.73. The quantitative estimate of drug-likeness (QED) is 0.196. The third-order valence-corrected chi connectivity index (χ3v) is 10.6. The number of furan rings is 1. The van der Waals surface area contributed by atoms with Gasteiger partial charge in [-0.05, 0) is 65.4 Å². The van der Waals surface area contributed by atoms with Gasteiger partial charge in [0.15, 0.2) is 5.13 Å². The molecule has 0 fully saturated rings. The maximum atomic E-state index is 6.23. The van der Waals surface area contributed by atoms with Gasteiger partial charge < -0.3 is 8.98 Å². The van der Waals surface area contributed by atoms with Gasteiger partial charge in [0.25, 0.3) is 0 Å². The second-order valence-electron chi connectivity index (χ2n) is 12.0. The average Bonchev–Trinajstić information content (AvgIpc) is 3.86. The molecule has 7 aromatic carbocycles. The molecule has 0 saturated carbocycles. The standard InChI is InChI=1S/C41H23N3OS/c1-2-10-26-24(9-1)17-20-35-38(26)30-23-25(43-32-14-6-3-11-27(32)28-12-4-7-15-33(28)43)18-21-34(30)44(35)41-42-31-19-22-37-39(40(31)46-41)29-13-5-8-16-36(29)45-37/h1-23H. The Bertz CT molecular complexity index is 2990. The summed E-state index contributed by atoms with van der Waals surface area (Å²) in [6.07, 6.45) is 0. The summed E-state index contributed by atoms with van der Waals surface area (Å²) in [4.78, 5) is 5.26. The van der Waals surface area contributed by atoms with Crippen molar-refractivity contribution in [2.24, 2.45) is 0 Å². The Labute approximate surface area is 265 Å². The van der Waals surface area contributed by atoms with Crippen LogP contribution in [0, 0.1) is 0 Å². The van der Waals surface area contributed by atoms with Gasteiger partial charge in [0.05, 0.1) is 32.3 Å². The molecule has 0 bridgehead atoms. The molecule has 0 aliphatic heterocycles. The monoisotopic (exact) mass is 605 g/mol. The molecule has 0 saturated heterocycles. The Balaban J connectivity index is 1.25. The highest BCUT2D eigenvalue weighted by molar-refractivity contribution is 7.22. The second-order valence-corrected chi connectivity index (χ2v) is 12.9. The SMILES string of the molecule is c1ccc2c(c1)ccc1c2c2cc(-n3c4ccccc4c4ccccc43)ccc2n1-c1nc2ccc3oc4ccccc4c3c2s1. The summed E-state index contributed by atoms with van der Waals surface area (Å²) < 4.78 is 12.1. The van der Waals surface area contributed by atoms with E-state index in [1.165, 1.54) is 43.4 Å². The van der Waals surface area contributed by atoms with E-state index in [0.29, 0.717) is 0 Å². The third kappa shape index (κ3) is 3.14. The summed E-state index contributed by atoms with van der Waals surface area (Å²) in [5, 5.41) is 10.7. The normalized spacial score (nSPS) is 12.3. The number of para-hydroxylation sites is 3. The molecule has 0 amide bonds. The molecule has 4 nitrogen and oxygen atoms in total. The van der Waals surface area contributed by atoms with Crippen LogP contribution in [0.15, 0.2) is 144 Å². The van der Waals surface area contributed by atoms with Gasteiger partial charge in [0.2, 0.25) is 0 Å². The molecule has 0 spiro atoms. The molecule has 4 heterocycles. The zero-order chi connectivity index (χ0) is 29.9. The number of thiazole rings is 1. The van der Waals surface area contributed by atoms with Crippen molar-refractivity contribution in [1.82, 2.24) is 14.1 Å². The van der Waals surface area contributed by atoms with E-state index in [1.54, 1.807) is 11.3 Å². The first kappa shape index (κ1) is 24.4. The minimum absolute atomic E-state index is 0.896. The van der Waals surface area contributed by atoms with Crippen LogP contribution in [0.5, 0.6) is 0 Å². The molecular formula is C41H23N3OS. The number of nitrogens with zero attached hydrogens (tertiary/aromatic N) is 3. The third-order valence-electron chi connectivity index (χ3n) is 9.55. The highest BCUT2D eigenvalue weighted by atomic mass is 32.1. The lowest BCUT2D eigenvalue weighted by Crippen LogP contribution is -1.95. The summed E-state index contributed by atoms with van der Waals surface area (Å²) in [5.74, 6) is 0. The lowest BCUT2D eigenvalue weighted by Gasteiger charge is -2.09. The number of benzene rings is 7. The number of hydrogen-bond acceptors (Lipinski definition) is 3. The minimum Gasteiger partial charge on any atom is -0.456 e. The van der Waals surface area contributed by atoms with Gasteiger partial charge in [-0.2, -0.15) is 0 Å². The fourth-order valence-electron chi connectivity index (χ4n) is 7.60. The molecule has 11 aromatic rings. The first-order valence-corrected chi connectivity index (χ1v) is 16.3. The molecule has 0 radical (unpaired) electrons. The number of rotatable bonds is 2. The predicted octanol–water partition coefficient (Wildman–Crippen LogP) is 11.5. The van der Waals surface area contributed by atoms with Crippen molar-refractivity contribution in [3.8, 4) is 10.8 Å². The zero-order valence-corrected chi connectivity index (χ0v) is 25.3. The Morgan fingerprint density at radius 3 is 1.98 bits per heavy atom. The molecule has 0 unspecified atom stereocenters. The van der Waals surface area contributed by atoms with Crippen LogP contribution >= 0.6 is 11.3 Å². The van der Waals surface area contributed by atoms with E-state index in [1.807, 2.05) is 12.1 Å². The first-order valence-electron chi connectivity index (χ1n) is 15.5. The smallest absolute Gasteiger partial charge is 0.195 e.